The molecular weight excluding hydrogens is 371 g/mol. The maximum Gasteiger partial charge on any atom is 0.417 e. The number of halogens is 3. The van der Waals surface area contributed by atoms with Crippen molar-refractivity contribution in [2.45, 2.75) is 30.5 Å². The molecule has 1 amide bonds. The molecular formula is C16H20F3N3O3S. The van der Waals surface area contributed by atoms with Gasteiger partial charge in [-0.1, -0.05) is 23.8 Å². The van der Waals surface area contributed by atoms with Gasteiger partial charge in [0.25, 0.3) is 0 Å². The Bertz CT molecular complexity index is 791. The number of amides is 1. The van der Waals surface area contributed by atoms with E-state index in [4.69, 9.17) is 0 Å². The molecule has 0 aromatic heterocycles. The molecule has 144 valence electrons. The third kappa shape index (κ3) is 5.29. The van der Waals surface area contributed by atoms with Gasteiger partial charge in [0.2, 0.25) is 15.9 Å². The van der Waals surface area contributed by atoms with Gasteiger partial charge in [0.05, 0.1) is 16.5 Å². The lowest BCUT2D eigenvalue weighted by atomic mass is 10.1. The average Bonchev–Trinajstić information content (AvgIpc) is 2.59. The Hall–Kier alpha value is -1.91. The van der Waals surface area contributed by atoms with Crippen LogP contribution in [-0.4, -0.2) is 40.0 Å². The highest BCUT2D eigenvalue weighted by atomic mass is 32.2. The zero-order chi connectivity index (χ0) is 19.4. The maximum absolute atomic E-state index is 13.0. The van der Waals surface area contributed by atoms with Crippen LogP contribution in [0.4, 0.5) is 13.2 Å². The number of sulfonamides is 1. The van der Waals surface area contributed by atoms with Crippen LogP contribution in [0.2, 0.25) is 0 Å². The van der Waals surface area contributed by atoms with E-state index in [0.29, 0.717) is 12.6 Å². The van der Waals surface area contributed by atoms with Crippen molar-refractivity contribution in [1.29, 1.82) is 0 Å². The number of hydrogen-bond donors (Lipinski definition) is 3. The van der Waals surface area contributed by atoms with Crippen molar-refractivity contribution in [1.82, 2.24) is 15.4 Å². The molecule has 26 heavy (non-hydrogen) atoms. The fourth-order valence-corrected chi connectivity index (χ4v) is 3.90. The summed E-state index contributed by atoms with van der Waals surface area (Å²) in [6.45, 7) is 3.03. The summed E-state index contributed by atoms with van der Waals surface area (Å²) in [4.78, 5) is 11.2. The van der Waals surface area contributed by atoms with Crippen LogP contribution in [0.3, 0.4) is 0 Å². The van der Waals surface area contributed by atoms with E-state index in [1.807, 2.05) is 10.8 Å². The Balaban J connectivity index is 2.06. The molecule has 6 nitrogen and oxygen atoms in total. The van der Waals surface area contributed by atoms with Gasteiger partial charge >= 0.3 is 6.18 Å². The van der Waals surface area contributed by atoms with Crippen molar-refractivity contribution in [3.63, 3.8) is 0 Å². The molecule has 0 bridgehead atoms. The van der Waals surface area contributed by atoms with Crippen LogP contribution in [-0.2, 0) is 21.0 Å². The molecule has 2 rings (SSSR count). The highest BCUT2D eigenvalue weighted by Gasteiger charge is 2.37. The number of hydrogen-bond acceptors (Lipinski definition) is 4. The predicted molar refractivity (Wildman–Crippen MR) is 89.8 cm³/mol. The monoisotopic (exact) mass is 391 g/mol. The molecule has 1 aliphatic rings. The standard InChI is InChI=1S/C16H20F3N3O3S/c1-11(15(23)21-10-12-6-8-20-9-7-12)22-26(24,25)14-5-3-2-4-13(14)16(17,18)19/h2-6,11,20,22H,7-10H2,1H3,(H,21,23). The van der Waals surface area contributed by atoms with Crippen molar-refractivity contribution in [2.24, 2.45) is 0 Å². The number of carbonyl (C=O) groups is 1. The third-order valence-electron chi connectivity index (χ3n) is 3.85. The van der Waals surface area contributed by atoms with Gasteiger partial charge < -0.3 is 10.6 Å². The minimum atomic E-state index is -4.82. The summed E-state index contributed by atoms with van der Waals surface area (Å²) in [6, 6.07) is 2.62. The van der Waals surface area contributed by atoms with Crippen LogP contribution in [0.15, 0.2) is 40.8 Å². The van der Waals surface area contributed by atoms with Crippen LogP contribution in [0.1, 0.15) is 18.9 Å². The Morgan fingerprint density at radius 2 is 2.00 bits per heavy atom. The fraction of sp³-hybridized carbons (Fsp3) is 0.438. The molecule has 0 saturated carbocycles. The zero-order valence-electron chi connectivity index (χ0n) is 14.1. The minimum Gasteiger partial charge on any atom is -0.351 e. The molecule has 0 spiro atoms. The molecule has 0 aliphatic carbocycles. The number of benzene rings is 1. The fourth-order valence-electron chi connectivity index (χ4n) is 2.47. The van der Waals surface area contributed by atoms with E-state index in [9.17, 15) is 26.4 Å². The van der Waals surface area contributed by atoms with Crippen molar-refractivity contribution in [3.8, 4) is 0 Å². The molecule has 0 fully saturated rings. The van der Waals surface area contributed by atoms with Crippen LogP contribution in [0.5, 0.6) is 0 Å². The zero-order valence-corrected chi connectivity index (χ0v) is 14.9. The molecule has 1 aromatic rings. The van der Waals surface area contributed by atoms with Crippen LogP contribution in [0.25, 0.3) is 0 Å². The van der Waals surface area contributed by atoms with Gasteiger partial charge in [0.1, 0.15) is 0 Å². The van der Waals surface area contributed by atoms with Gasteiger partial charge in [-0.3, -0.25) is 4.79 Å². The molecule has 1 aromatic carbocycles. The SMILES string of the molecule is CC(NS(=O)(=O)c1ccccc1C(F)(F)F)C(=O)NCC1=CCNCC1. The van der Waals surface area contributed by atoms with E-state index in [2.05, 4.69) is 10.6 Å². The second kappa shape index (κ2) is 8.19. The highest BCUT2D eigenvalue weighted by molar-refractivity contribution is 7.89. The Kier molecular flexibility index (Phi) is 6.43. The topological polar surface area (TPSA) is 87.3 Å². The van der Waals surface area contributed by atoms with E-state index in [0.717, 1.165) is 30.7 Å². The first-order chi connectivity index (χ1) is 12.1. The summed E-state index contributed by atoms with van der Waals surface area (Å²) in [7, 11) is -4.52. The molecule has 3 N–H and O–H groups in total. The first kappa shape index (κ1) is 20.4. The minimum absolute atomic E-state index is 0.270. The average molecular weight is 391 g/mol. The van der Waals surface area contributed by atoms with Crippen molar-refractivity contribution in [2.75, 3.05) is 19.6 Å². The normalized spacial score (nSPS) is 16.7. The molecule has 0 saturated heterocycles. The van der Waals surface area contributed by atoms with Crippen LogP contribution >= 0.6 is 0 Å². The largest absolute Gasteiger partial charge is 0.417 e. The lowest BCUT2D eigenvalue weighted by Crippen LogP contribution is -2.45. The predicted octanol–water partition coefficient (Wildman–Crippen LogP) is 1.41. The lowest BCUT2D eigenvalue weighted by molar-refractivity contribution is -0.139. The van der Waals surface area contributed by atoms with Gasteiger partial charge in [0.15, 0.2) is 0 Å². The molecule has 0 radical (unpaired) electrons. The second-order valence-corrected chi connectivity index (χ2v) is 7.55. The van der Waals surface area contributed by atoms with E-state index in [-0.39, 0.29) is 6.54 Å². The summed E-state index contributed by atoms with van der Waals surface area (Å²) in [5.41, 5.74) is -0.269. The molecule has 1 aliphatic heterocycles. The highest BCUT2D eigenvalue weighted by Crippen LogP contribution is 2.33. The van der Waals surface area contributed by atoms with Crippen LogP contribution < -0.4 is 15.4 Å². The van der Waals surface area contributed by atoms with Crippen LogP contribution in [0, 0.1) is 0 Å². The van der Waals surface area contributed by atoms with Crippen molar-refractivity contribution in [3.05, 3.63) is 41.5 Å². The lowest BCUT2D eigenvalue weighted by Gasteiger charge is -2.19. The third-order valence-corrected chi connectivity index (χ3v) is 5.45. The van der Waals surface area contributed by atoms with E-state index >= 15 is 0 Å². The van der Waals surface area contributed by atoms with E-state index in [1.165, 1.54) is 13.0 Å². The van der Waals surface area contributed by atoms with Crippen molar-refractivity contribution >= 4 is 15.9 Å². The summed E-state index contributed by atoms with van der Waals surface area (Å²) in [6.07, 6.45) is -2.13. The smallest absolute Gasteiger partial charge is 0.351 e. The second-order valence-electron chi connectivity index (χ2n) is 5.87. The van der Waals surface area contributed by atoms with Gasteiger partial charge in [0, 0.05) is 13.1 Å². The molecule has 1 atom stereocenters. The quantitative estimate of drug-likeness (QED) is 0.640. The summed E-state index contributed by atoms with van der Waals surface area (Å²) < 4.78 is 65.7. The Labute approximate surface area is 149 Å². The van der Waals surface area contributed by atoms with Gasteiger partial charge in [-0.25, -0.2) is 8.42 Å². The summed E-state index contributed by atoms with van der Waals surface area (Å²) >= 11 is 0. The number of rotatable bonds is 6. The van der Waals surface area contributed by atoms with E-state index < -0.39 is 38.6 Å². The van der Waals surface area contributed by atoms with Gasteiger partial charge in [-0.05, 0) is 32.0 Å². The van der Waals surface area contributed by atoms with Gasteiger partial charge in [-0.2, -0.15) is 17.9 Å². The maximum atomic E-state index is 13.0. The van der Waals surface area contributed by atoms with E-state index in [1.54, 1.807) is 0 Å². The number of nitrogens with one attached hydrogen (secondary N) is 3. The first-order valence-electron chi connectivity index (χ1n) is 7.96. The summed E-state index contributed by atoms with van der Waals surface area (Å²) in [5, 5.41) is 5.71. The molecule has 1 heterocycles. The number of alkyl halides is 3. The first-order valence-corrected chi connectivity index (χ1v) is 9.44. The van der Waals surface area contributed by atoms with Gasteiger partial charge in [-0.15, -0.1) is 0 Å². The molecule has 10 heteroatoms. The number of carbonyl (C=O) groups excluding carboxylic acids is 1. The summed E-state index contributed by atoms with van der Waals surface area (Å²) in [5.74, 6) is -0.613. The Morgan fingerprint density at radius 3 is 2.62 bits per heavy atom. The van der Waals surface area contributed by atoms with Crippen molar-refractivity contribution < 1.29 is 26.4 Å². The molecule has 1 unspecified atom stereocenters. The Morgan fingerprint density at radius 1 is 1.31 bits per heavy atom.